The van der Waals surface area contributed by atoms with Crippen LogP contribution in [0, 0.1) is 35.5 Å². The van der Waals surface area contributed by atoms with Crippen molar-refractivity contribution >= 4 is 17.8 Å². The summed E-state index contributed by atoms with van der Waals surface area (Å²) in [5, 5.41) is 3.40. The van der Waals surface area contributed by atoms with Crippen molar-refractivity contribution in [2.45, 2.75) is 216 Å². The number of rotatable bonds is 35. The van der Waals surface area contributed by atoms with Gasteiger partial charge in [-0.3, -0.25) is 19.3 Å². The SMILES string of the molecule is CC(C)CCC(COC(=O)CCCCCCCCCC(CCCCCCCCCC(=O)OCC(CCC(C)C)C(C)C)NC(=O)CN1CCCC1)C(C)C. The van der Waals surface area contributed by atoms with Crippen LogP contribution in [0.4, 0.5) is 0 Å². The largest absolute Gasteiger partial charge is 0.465 e. The van der Waals surface area contributed by atoms with Gasteiger partial charge in [-0.15, -0.1) is 0 Å². The van der Waals surface area contributed by atoms with E-state index in [-0.39, 0.29) is 23.9 Å². The molecular formula is C47H90N2O5. The molecule has 1 amide bonds. The number of amides is 1. The normalized spacial score (nSPS) is 15.3. The molecule has 0 aliphatic carbocycles. The van der Waals surface area contributed by atoms with Crippen molar-refractivity contribution in [2.75, 3.05) is 32.8 Å². The number of nitrogens with zero attached hydrogens (tertiary/aromatic N) is 1. The lowest BCUT2D eigenvalue weighted by atomic mass is 9.89. The molecule has 1 saturated heterocycles. The van der Waals surface area contributed by atoms with E-state index in [1.807, 2.05) is 0 Å². The molecule has 0 aromatic carbocycles. The van der Waals surface area contributed by atoms with Crippen LogP contribution in [0.2, 0.25) is 0 Å². The van der Waals surface area contributed by atoms with Gasteiger partial charge in [0, 0.05) is 18.9 Å². The number of likely N-dealkylation sites (tertiary alicyclic amines) is 1. The van der Waals surface area contributed by atoms with Gasteiger partial charge in [-0.1, -0.05) is 145 Å². The highest BCUT2D eigenvalue weighted by atomic mass is 16.5. The monoisotopic (exact) mass is 763 g/mol. The fourth-order valence-corrected chi connectivity index (χ4v) is 7.65. The summed E-state index contributed by atoms with van der Waals surface area (Å²) in [6, 6.07) is 0.276. The molecular weight excluding hydrogens is 673 g/mol. The molecule has 7 heteroatoms. The average molecular weight is 763 g/mol. The van der Waals surface area contributed by atoms with E-state index in [4.69, 9.17) is 9.47 Å². The van der Waals surface area contributed by atoms with Crippen LogP contribution in [0.3, 0.4) is 0 Å². The second-order valence-electron chi connectivity index (χ2n) is 18.6. The van der Waals surface area contributed by atoms with Crippen molar-refractivity contribution < 1.29 is 23.9 Å². The first-order valence-corrected chi connectivity index (χ1v) is 23.2. The summed E-state index contributed by atoms with van der Waals surface area (Å²) >= 11 is 0. The Hall–Kier alpha value is -1.63. The van der Waals surface area contributed by atoms with E-state index >= 15 is 0 Å². The Kier molecular flexibility index (Phi) is 30.3. The standard InChI is InChI=1S/C47H90N2O5/c1-38(2)29-31-42(40(5)6)36-53-46(51)27-21-17-13-9-11-15-19-25-44(48-45(50)35-49-33-23-24-34-49)26-20-16-12-10-14-18-22-28-47(52)54-37-43(41(7)8)32-30-39(3)4/h38-44H,9-37H2,1-8H3,(H,48,50). The number of nitrogens with one attached hydrogen (secondary N) is 1. The predicted molar refractivity (Wildman–Crippen MR) is 227 cm³/mol. The van der Waals surface area contributed by atoms with Crippen LogP contribution >= 0.6 is 0 Å². The molecule has 1 fully saturated rings. The van der Waals surface area contributed by atoms with Crippen molar-refractivity contribution in [1.82, 2.24) is 10.2 Å². The van der Waals surface area contributed by atoms with E-state index in [0.717, 1.165) is 77.3 Å². The summed E-state index contributed by atoms with van der Waals surface area (Å²) in [6.45, 7) is 21.7. The lowest BCUT2D eigenvalue weighted by Gasteiger charge is -2.21. The number of carbonyl (C=O) groups is 3. The van der Waals surface area contributed by atoms with Gasteiger partial charge in [0.2, 0.25) is 5.91 Å². The van der Waals surface area contributed by atoms with Gasteiger partial charge < -0.3 is 14.8 Å². The van der Waals surface area contributed by atoms with E-state index in [2.05, 4.69) is 65.6 Å². The Morgan fingerprint density at radius 2 is 0.870 bits per heavy atom. The van der Waals surface area contributed by atoms with E-state index < -0.39 is 0 Å². The summed E-state index contributed by atoms with van der Waals surface area (Å²) in [4.78, 5) is 39.8. The molecule has 1 heterocycles. The maximum atomic E-state index is 12.9. The first kappa shape index (κ1) is 50.4. The number of hydrogen-bond acceptors (Lipinski definition) is 6. The minimum absolute atomic E-state index is 0.0278. The van der Waals surface area contributed by atoms with E-state index in [9.17, 15) is 14.4 Å². The molecule has 1 aliphatic rings. The van der Waals surface area contributed by atoms with Gasteiger partial charge in [0.05, 0.1) is 19.8 Å². The number of esters is 2. The quantitative estimate of drug-likeness (QED) is 0.0511. The average Bonchev–Trinajstić information content (AvgIpc) is 3.62. The van der Waals surface area contributed by atoms with Crippen LogP contribution in [0.1, 0.15) is 209 Å². The van der Waals surface area contributed by atoms with Crippen LogP contribution in [-0.4, -0.2) is 61.6 Å². The van der Waals surface area contributed by atoms with E-state index in [1.54, 1.807) is 0 Å². The molecule has 0 spiro atoms. The van der Waals surface area contributed by atoms with Crippen LogP contribution in [0.15, 0.2) is 0 Å². The third kappa shape index (κ3) is 28.7. The van der Waals surface area contributed by atoms with Crippen molar-refractivity contribution in [1.29, 1.82) is 0 Å². The lowest BCUT2D eigenvalue weighted by molar-refractivity contribution is -0.146. The number of carbonyl (C=O) groups excluding carboxylic acids is 3. The lowest BCUT2D eigenvalue weighted by Crippen LogP contribution is -2.41. The van der Waals surface area contributed by atoms with Gasteiger partial charge in [-0.05, 0) is 100.0 Å². The highest BCUT2D eigenvalue weighted by Crippen LogP contribution is 2.23. The maximum absolute atomic E-state index is 12.9. The summed E-state index contributed by atoms with van der Waals surface area (Å²) in [7, 11) is 0. The Balaban J connectivity index is 2.21. The number of ether oxygens (including phenoxy) is 2. The highest BCUT2D eigenvalue weighted by Gasteiger charge is 2.19. The molecule has 1 rings (SSSR count). The second-order valence-corrected chi connectivity index (χ2v) is 18.6. The Bertz CT molecular complexity index is 871. The maximum Gasteiger partial charge on any atom is 0.305 e. The van der Waals surface area contributed by atoms with Gasteiger partial charge >= 0.3 is 11.9 Å². The Labute approximate surface area is 335 Å². The van der Waals surface area contributed by atoms with Gasteiger partial charge in [-0.2, -0.15) is 0 Å². The molecule has 54 heavy (non-hydrogen) atoms. The van der Waals surface area contributed by atoms with Crippen LogP contribution in [0.5, 0.6) is 0 Å². The minimum Gasteiger partial charge on any atom is -0.465 e. The molecule has 0 radical (unpaired) electrons. The molecule has 7 nitrogen and oxygen atoms in total. The minimum atomic E-state index is -0.0278. The first-order chi connectivity index (χ1) is 25.9. The summed E-state index contributed by atoms with van der Waals surface area (Å²) in [5.74, 6) is 3.54. The Morgan fingerprint density at radius 3 is 1.24 bits per heavy atom. The zero-order valence-corrected chi connectivity index (χ0v) is 37.0. The van der Waals surface area contributed by atoms with Crippen molar-refractivity contribution in [3.8, 4) is 0 Å². The Morgan fingerprint density at radius 1 is 0.500 bits per heavy atom. The number of hydrogen-bond donors (Lipinski definition) is 1. The number of unbranched alkanes of at least 4 members (excludes halogenated alkanes) is 12. The van der Waals surface area contributed by atoms with Gasteiger partial charge in [0.25, 0.3) is 0 Å². The van der Waals surface area contributed by atoms with Crippen LogP contribution < -0.4 is 5.32 Å². The molecule has 0 aromatic rings. The summed E-state index contributed by atoms with van der Waals surface area (Å²) in [6.07, 6.45) is 26.3. The van der Waals surface area contributed by atoms with Gasteiger partial charge in [-0.25, -0.2) is 0 Å². The zero-order chi connectivity index (χ0) is 40.0. The molecule has 0 saturated carbocycles. The van der Waals surface area contributed by atoms with Crippen LogP contribution in [-0.2, 0) is 23.9 Å². The molecule has 0 bridgehead atoms. The van der Waals surface area contributed by atoms with E-state index in [0.29, 0.717) is 68.1 Å². The fourth-order valence-electron chi connectivity index (χ4n) is 7.65. The van der Waals surface area contributed by atoms with Crippen LogP contribution in [0.25, 0.3) is 0 Å². The zero-order valence-electron chi connectivity index (χ0n) is 37.0. The third-order valence-corrected chi connectivity index (χ3v) is 11.8. The first-order valence-electron chi connectivity index (χ1n) is 23.2. The smallest absolute Gasteiger partial charge is 0.305 e. The van der Waals surface area contributed by atoms with Gasteiger partial charge in [0.15, 0.2) is 0 Å². The molecule has 2 atom stereocenters. The van der Waals surface area contributed by atoms with Gasteiger partial charge in [0.1, 0.15) is 0 Å². The van der Waals surface area contributed by atoms with Crippen molar-refractivity contribution in [3.63, 3.8) is 0 Å². The fraction of sp³-hybridized carbons (Fsp3) is 0.936. The van der Waals surface area contributed by atoms with E-state index in [1.165, 1.54) is 77.0 Å². The topological polar surface area (TPSA) is 84.9 Å². The van der Waals surface area contributed by atoms with Crippen molar-refractivity contribution in [2.24, 2.45) is 35.5 Å². The third-order valence-electron chi connectivity index (χ3n) is 11.8. The molecule has 0 aromatic heterocycles. The summed E-state index contributed by atoms with van der Waals surface area (Å²) in [5.41, 5.74) is 0. The molecule has 2 unspecified atom stereocenters. The van der Waals surface area contributed by atoms with Crippen molar-refractivity contribution in [3.05, 3.63) is 0 Å². The molecule has 1 N–H and O–H groups in total. The highest BCUT2D eigenvalue weighted by molar-refractivity contribution is 5.78. The molecule has 318 valence electrons. The molecule has 1 aliphatic heterocycles. The second kappa shape index (κ2) is 32.5. The predicted octanol–water partition coefficient (Wildman–Crippen LogP) is 12.1. The summed E-state index contributed by atoms with van der Waals surface area (Å²) < 4.78 is 11.3.